The number of hydrogen-bond acceptors (Lipinski definition) is 4. The van der Waals surface area contributed by atoms with Crippen molar-refractivity contribution in [1.82, 2.24) is 0 Å². The Kier molecular flexibility index (Phi) is 17.3. The first kappa shape index (κ1) is 26.9. The van der Waals surface area contributed by atoms with E-state index < -0.39 is 0 Å². The molecule has 0 heterocycles. The predicted octanol–water partition coefficient (Wildman–Crippen LogP) is 6.70. The molecular formula is C24H46O4. The second-order valence-electron chi connectivity index (χ2n) is 8.19. The molecule has 0 aliphatic heterocycles. The molecule has 0 spiro atoms. The highest BCUT2D eigenvalue weighted by molar-refractivity contribution is 5.79. The van der Waals surface area contributed by atoms with E-state index in [1.807, 2.05) is 0 Å². The van der Waals surface area contributed by atoms with Crippen molar-refractivity contribution >= 4 is 11.9 Å². The van der Waals surface area contributed by atoms with Gasteiger partial charge in [0.05, 0.1) is 25.6 Å². The fourth-order valence-corrected chi connectivity index (χ4v) is 3.34. The minimum Gasteiger partial charge on any atom is -0.465 e. The summed E-state index contributed by atoms with van der Waals surface area (Å²) in [6, 6.07) is 0. The number of carbonyl (C=O) groups excluding carboxylic acids is 2. The molecule has 0 aromatic heterocycles. The highest BCUT2D eigenvalue weighted by Gasteiger charge is 2.25. The van der Waals surface area contributed by atoms with Crippen LogP contribution in [0.3, 0.4) is 0 Å². The van der Waals surface area contributed by atoms with E-state index in [2.05, 4.69) is 34.6 Å². The summed E-state index contributed by atoms with van der Waals surface area (Å²) >= 11 is 0. The normalized spacial score (nSPS) is 14.3. The Balaban J connectivity index is 4.53. The van der Waals surface area contributed by atoms with Crippen LogP contribution in [-0.4, -0.2) is 25.2 Å². The van der Waals surface area contributed by atoms with Gasteiger partial charge >= 0.3 is 11.9 Å². The Morgan fingerprint density at radius 3 is 1.61 bits per heavy atom. The first-order valence-corrected chi connectivity index (χ1v) is 11.8. The van der Waals surface area contributed by atoms with Crippen LogP contribution in [0.5, 0.6) is 0 Å². The second-order valence-corrected chi connectivity index (χ2v) is 8.19. The van der Waals surface area contributed by atoms with Gasteiger partial charge in [-0.05, 0) is 31.1 Å². The lowest BCUT2D eigenvalue weighted by Gasteiger charge is -2.19. The third-order valence-corrected chi connectivity index (χ3v) is 5.68. The number of esters is 2. The van der Waals surface area contributed by atoms with Gasteiger partial charge in [-0.2, -0.15) is 0 Å². The highest BCUT2D eigenvalue weighted by Crippen LogP contribution is 2.20. The highest BCUT2D eigenvalue weighted by atomic mass is 16.5. The van der Waals surface area contributed by atoms with Crippen molar-refractivity contribution in [3.8, 4) is 0 Å². The first-order valence-electron chi connectivity index (χ1n) is 11.8. The third-order valence-electron chi connectivity index (χ3n) is 5.68. The Morgan fingerprint density at radius 2 is 1.14 bits per heavy atom. The van der Waals surface area contributed by atoms with Crippen LogP contribution in [-0.2, 0) is 19.1 Å². The molecule has 166 valence electrons. The molecule has 0 radical (unpaired) electrons. The minimum absolute atomic E-state index is 0.148. The van der Waals surface area contributed by atoms with Crippen molar-refractivity contribution in [2.45, 2.75) is 112 Å². The van der Waals surface area contributed by atoms with Crippen LogP contribution in [0.2, 0.25) is 0 Å². The number of ether oxygens (including phenoxy) is 2. The molecule has 4 nitrogen and oxygen atoms in total. The fraction of sp³-hybridized carbons (Fsp3) is 0.917. The first-order chi connectivity index (χ1) is 13.5. The minimum atomic E-state index is -0.369. The van der Waals surface area contributed by atoms with E-state index in [0.717, 1.165) is 64.2 Å². The van der Waals surface area contributed by atoms with E-state index in [1.165, 1.54) is 0 Å². The zero-order valence-corrected chi connectivity index (χ0v) is 19.3. The van der Waals surface area contributed by atoms with Crippen molar-refractivity contribution in [1.29, 1.82) is 0 Å². The Labute approximate surface area is 174 Å². The van der Waals surface area contributed by atoms with Gasteiger partial charge in [0.15, 0.2) is 0 Å². The van der Waals surface area contributed by atoms with Crippen LogP contribution >= 0.6 is 0 Å². The van der Waals surface area contributed by atoms with Crippen LogP contribution in [0.15, 0.2) is 0 Å². The largest absolute Gasteiger partial charge is 0.465 e. The maximum Gasteiger partial charge on any atom is 0.309 e. The van der Waals surface area contributed by atoms with E-state index in [1.54, 1.807) is 0 Å². The lowest BCUT2D eigenvalue weighted by atomic mass is 9.97. The van der Waals surface area contributed by atoms with Crippen LogP contribution in [0, 0.1) is 17.8 Å². The lowest BCUT2D eigenvalue weighted by Crippen LogP contribution is -2.25. The number of rotatable bonds is 18. The van der Waals surface area contributed by atoms with E-state index in [9.17, 15) is 9.59 Å². The second kappa shape index (κ2) is 18.0. The predicted molar refractivity (Wildman–Crippen MR) is 116 cm³/mol. The van der Waals surface area contributed by atoms with Gasteiger partial charge in [0.2, 0.25) is 0 Å². The van der Waals surface area contributed by atoms with Gasteiger partial charge < -0.3 is 9.47 Å². The molecular weight excluding hydrogens is 352 g/mol. The van der Waals surface area contributed by atoms with Crippen LogP contribution in [0.25, 0.3) is 0 Å². The van der Waals surface area contributed by atoms with Crippen LogP contribution < -0.4 is 0 Å². The molecule has 0 amide bonds. The molecule has 0 bridgehead atoms. The standard InChI is InChI=1S/C24H46O4/c1-6-11-14-20(9-4)18-27-23(25)17-22(16-13-8-3)24(26)28-19-21(10-5)15-12-7-2/h20-22H,6-19H2,1-5H3. The van der Waals surface area contributed by atoms with E-state index >= 15 is 0 Å². The zero-order valence-electron chi connectivity index (χ0n) is 19.3. The summed E-state index contributed by atoms with van der Waals surface area (Å²) in [6.07, 6.45) is 11.6. The summed E-state index contributed by atoms with van der Waals surface area (Å²) in [5.74, 6) is -0.00313. The Morgan fingerprint density at radius 1 is 0.679 bits per heavy atom. The summed E-state index contributed by atoms with van der Waals surface area (Å²) in [4.78, 5) is 24.9. The number of hydrogen-bond donors (Lipinski definition) is 0. The monoisotopic (exact) mass is 398 g/mol. The third kappa shape index (κ3) is 13.2. The maximum atomic E-state index is 12.6. The van der Waals surface area contributed by atoms with Crippen molar-refractivity contribution in [2.24, 2.45) is 17.8 Å². The summed E-state index contributed by atoms with van der Waals surface area (Å²) in [5, 5.41) is 0. The van der Waals surface area contributed by atoms with Gasteiger partial charge in [-0.15, -0.1) is 0 Å². The van der Waals surface area contributed by atoms with Crippen LogP contribution in [0.1, 0.15) is 112 Å². The Bertz CT molecular complexity index is 394. The van der Waals surface area contributed by atoms with Crippen molar-refractivity contribution in [3.63, 3.8) is 0 Å². The molecule has 3 unspecified atom stereocenters. The van der Waals surface area contributed by atoms with E-state index in [-0.39, 0.29) is 24.3 Å². The molecule has 0 N–H and O–H groups in total. The lowest BCUT2D eigenvalue weighted by molar-refractivity contribution is -0.157. The molecule has 0 saturated heterocycles. The van der Waals surface area contributed by atoms with Crippen molar-refractivity contribution in [3.05, 3.63) is 0 Å². The average molecular weight is 399 g/mol. The quantitative estimate of drug-likeness (QED) is 0.241. The molecule has 28 heavy (non-hydrogen) atoms. The number of unbranched alkanes of at least 4 members (excludes halogenated alkanes) is 3. The fourth-order valence-electron chi connectivity index (χ4n) is 3.34. The van der Waals surface area contributed by atoms with Gasteiger partial charge in [0, 0.05) is 0 Å². The zero-order chi connectivity index (χ0) is 21.2. The molecule has 0 aliphatic carbocycles. The summed E-state index contributed by atoms with van der Waals surface area (Å²) in [5.41, 5.74) is 0. The smallest absolute Gasteiger partial charge is 0.309 e. The van der Waals surface area contributed by atoms with Gasteiger partial charge in [0.25, 0.3) is 0 Å². The summed E-state index contributed by atoms with van der Waals surface area (Å²) in [7, 11) is 0. The molecule has 0 rings (SSSR count). The molecule has 0 fully saturated rings. The summed E-state index contributed by atoms with van der Waals surface area (Å²) in [6.45, 7) is 11.7. The molecule has 3 atom stereocenters. The maximum absolute atomic E-state index is 12.6. The van der Waals surface area contributed by atoms with Gasteiger partial charge in [-0.1, -0.05) is 86.0 Å². The van der Waals surface area contributed by atoms with Crippen molar-refractivity contribution in [2.75, 3.05) is 13.2 Å². The Hall–Kier alpha value is -1.06. The topological polar surface area (TPSA) is 52.6 Å². The molecule has 0 aliphatic rings. The number of carbonyl (C=O) groups is 2. The van der Waals surface area contributed by atoms with Crippen molar-refractivity contribution < 1.29 is 19.1 Å². The van der Waals surface area contributed by atoms with E-state index in [0.29, 0.717) is 31.5 Å². The van der Waals surface area contributed by atoms with E-state index in [4.69, 9.17) is 9.47 Å². The molecule has 0 aromatic rings. The van der Waals surface area contributed by atoms with Gasteiger partial charge in [0.1, 0.15) is 0 Å². The van der Waals surface area contributed by atoms with Gasteiger partial charge in [-0.25, -0.2) is 0 Å². The SMILES string of the molecule is CCCCC(CC)COC(=O)CC(CCCC)C(=O)OCC(CC)CCCC. The average Bonchev–Trinajstić information content (AvgIpc) is 2.71. The molecule has 0 aromatic carbocycles. The molecule has 0 saturated carbocycles. The van der Waals surface area contributed by atoms with Crippen LogP contribution in [0.4, 0.5) is 0 Å². The summed E-state index contributed by atoms with van der Waals surface area (Å²) < 4.78 is 11.1. The van der Waals surface area contributed by atoms with Gasteiger partial charge in [-0.3, -0.25) is 9.59 Å². The molecule has 4 heteroatoms.